The molecule has 0 aromatic carbocycles. The summed E-state index contributed by atoms with van der Waals surface area (Å²) in [5.41, 5.74) is 7.24. The molecule has 3 heterocycles. The SMILES string of the molecule is CC(N)C1CCCCN1Cc1csc(-c2ccco2)n1. The van der Waals surface area contributed by atoms with Crippen LogP contribution in [-0.2, 0) is 6.54 Å². The molecule has 0 radical (unpaired) electrons. The van der Waals surface area contributed by atoms with Crippen LogP contribution in [0.25, 0.3) is 10.8 Å². The Kier molecular flexibility index (Phi) is 4.19. The molecule has 0 spiro atoms. The van der Waals surface area contributed by atoms with Gasteiger partial charge in [0.1, 0.15) is 0 Å². The van der Waals surface area contributed by atoms with E-state index in [0.29, 0.717) is 6.04 Å². The highest BCUT2D eigenvalue weighted by atomic mass is 32.1. The van der Waals surface area contributed by atoms with Crippen molar-refractivity contribution in [2.24, 2.45) is 5.73 Å². The Morgan fingerprint density at radius 2 is 2.45 bits per heavy atom. The summed E-state index contributed by atoms with van der Waals surface area (Å²) in [6.07, 6.45) is 5.44. The van der Waals surface area contributed by atoms with Gasteiger partial charge < -0.3 is 10.2 Å². The van der Waals surface area contributed by atoms with Gasteiger partial charge in [-0.25, -0.2) is 4.98 Å². The third-order valence-electron chi connectivity index (χ3n) is 3.92. The molecule has 20 heavy (non-hydrogen) atoms. The summed E-state index contributed by atoms with van der Waals surface area (Å²) in [6, 6.07) is 4.55. The molecule has 0 saturated carbocycles. The van der Waals surface area contributed by atoms with Gasteiger partial charge in [-0.3, -0.25) is 4.90 Å². The second-order valence-electron chi connectivity index (χ2n) is 5.51. The molecule has 2 N–H and O–H groups in total. The fraction of sp³-hybridized carbons (Fsp3) is 0.533. The molecule has 1 aliphatic heterocycles. The molecule has 0 aliphatic carbocycles. The van der Waals surface area contributed by atoms with Crippen LogP contribution in [0.15, 0.2) is 28.2 Å². The van der Waals surface area contributed by atoms with Crippen LogP contribution in [0.5, 0.6) is 0 Å². The summed E-state index contributed by atoms with van der Waals surface area (Å²) in [7, 11) is 0. The first-order valence-electron chi connectivity index (χ1n) is 7.22. The molecule has 2 unspecified atom stereocenters. The molecule has 2 aromatic rings. The number of hydrogen-bond acceptors (Lipinski definition) is 5. The van der Waals surface area contributed by atoms with E-state index in [-0.39, 0.29) is 6.04 Å². The maximum atomic E-state index is 6.12. The average Bonchev–Trinajstić information content (AvgIpc) is 3.09. The maximum Gasteiger partial charge on any atom is 0.162 e. The molecule has 2 atom stereocenters. The lowest BCUT2D eigenvalue weighted by Crippen LogP contribution is -2.48. The fourth-order valence-electron chi connectivity index (χ4n) is 2.91. The smallest absolute Gasteiger partial charge is 0.162 e. The van der Waals surface area contributed by atoms with E-state index in [0.717, 1.165) is 29.6 Å². The van der Waals surface area contributed by atoms with Crippen LogP contribution < -0.4 is 5.73 Å². The number of aromatic nitrogens is 1. The average molecular weight is 291 g/mol. The zero-order valence-electron chi connectivity index (χ0n) is 11.8. The zero-order chi connectivity index (χ0) is 13.9. The number of furan rings is 1. The lowest BCUT2D eigenvalue weighted by molar-refractivity contribution is 0.122. The van der Waals surface area contributed by atoms with Crippen LogP contribution in [0.4, 0.5) is 0 Å². The van der Waals surface area contributed by atoms with Crippen molar-refractivity contribution in [3.05, 3.63) is 29.5 Å². The molecule has 108 valence electrons. The van der Waals surface area contributed by atoms with Crippen LogP contribution in [0.3, 0.4) is 0 Å². The van der Waals surface area contributed by atoms with Crippen LogP contribution in [0.2, 0.25) is 0 Å². The van der Waals surface area contributed by atoms with Gasteiger partial charge >= 0.3 is 0 Å². The lowest BCUT2D eigenvalue weighted by atomic mass is 9.97. The Labute approximate surface area is 123 Å². The molecule has 0 amide bonds. The Hall–Kier alpha value is -1.17. The summed E-state index contributed by atoms with van der Waals surface area (Å²) in [6.45, 7) is 4.13. The third kappa shape index (κ3) is 2.95. The van der Waals surface area contributed by atoms with Crippen LogP contribution in [0, 0.1) is 0 Å². The minimum Gasteiger partial charge on any atom is -0.462 e. The van der Waals surface area contributed by atoms with Gasteiger partial charge in [-0.2, -0.15) is 0 Å². The van der Waals surface area contributed by atoms with Gasteiger partial charge in [0.25, 0.3) is 0 Å². The van der Waals surface area contributed by atoms with E-state index >= 15 is 0 Å². The van der Waals surface area contributed by atoms with Crippen molar-refractivity contribution in [1.82, 2.24) is 9.88 Å². The maximum absolute atomic E-state index is 6.12. The van der Waals surface area contributed by atoms with E-state index in [9.17, 15) is 0 Å². The molecule has 3 rings (SSSR count). The van der Waals surface area contributed by atoms with Crippen LogP contribution >= 0.6 is 11.3 Å². The number of rotatable bonds is 4. The van der Waals surface area contributed by atoms with Gasteiger partial charge in [0.05, 0.1) is 12.0 Å². The van der Waals surface area contributed by atoms with Crippen LogP contribution in [0.1, 0.15) is 31.9 Å². The van der Waals surface area contributed by atoms with Crippen molar-refractivity contribution in [3.8, 4) is 10.8 Å². The minimum absolute atomic E-state index is 0.221. The van der Waals surface area contributed by atoms with Crippen molar-refractivity contribution in [2.45, 2.75) is 44.8 Å². The molecular weight excluding hydrogens is 270 g/mol. The second kappa shape index (κ2) is 6.08. The van der Waals surface area contributed by atoms with Crippen molar-refractivity contribution in [1.29, 1.82) is 0 Å². The van der Waals surface area contributed by atoms with Gasteiger partial charge in [0, 0.05) is 24.0 Å². The fourth-order valence-corrected chi connectivity index (χ4v) is 3.69. The van der Waals surface area contributed by atoms with E-state index in [1.165, 1.54) is 19.3 Å². The predicted molar refractivity (Wildman–Crippen MR) is 81.5 cm³/mol. The normalized spacial score (nSPS) is 22.0. The van der Waals surface area contributed by atoms with Gasteiger partial charge in [-0.05, 0) is 38.4 Å². The molecule has 1 saturated heterocycles. The minimum atomic E-state index is 0.221. The van der Waals surface area contributed by atoms with E-state index < -0.39 is 0 Å². The molecule has 2 aromatic heterocycles. The Bertz CT molecular complexity index is 535. The van der Waals surface area contributed by atoms with Gasteiger partial charge in [-0.1, -0.05) is 6.42 Å². The van der Waals surface area contributed by atoms with Crippen molar-refractivity contribution in [3.63, 3.8) is 0 Å². The van der Waals surface area contributed by atoms with Gasteiger partial charge in [0.15, 0.2) is 10.8 Å². The molecule has 5 heteroatoms. The standard InChI is InChI=1S/C15H21N3OS/c1-11(16)13-5-2-3-7-18(13)9-12-10-20-15(17-12)14-6-4-8-19-14/h4,6,8,10-11,13H,2-3,5,7,9,16H2,1H3. The first kappa shape index (κ1) is 13.8. The zero-order valence-corrected chi connectivity index (χ0v) is 12.6. The third-order valence-corrected chi connectivity index (χ3v) is 4.83. The number of hydrogen-bond donors (Lipinski definition) is 1. The molecule has 4 nitrogen and oxygen atoms in total. The highest BCUT2D eigenvalue weighted by molar-refractivity contribution is 7.13. The molecule has 1 aliphatic rings. The predicted octanol–water partition coefficient (Wildman–Crippen LogP) is 3.10. The van der Waals surface area contributed by atoms with E-state index in [4.69, 9.17) is 10.2 Å². The van der Waals surface area contributed by atoms with E-state index in [1.54, 1.807) is 17.6 Å². The van der Waals surface area contributed by atoms with E-state index in [1.807, 2.05) is 12.1 Å². The number of likely N-dealkylation sites (tertiary alicyclic amines) is 1. The summed E-state index contributed by atoms with van der Waals surface area (Å²) in [5.74, 6) is 0.851. The summed E-state index contributed by atoms with van der Waals surface area (Å²) < 4.78 is 5.40. The lowest BCUT2D eigenvalue weighted by Gasteiger charge is -2.37. The van der Waals surface area contributed by atoms with Crippen molar-refractivity contribution in [2.75, 3.05) is 6.54 Å². The quantitative estimate of drug-likeness (QED) is 0.940. The Morgan fingerprint density at radius 3 is 3.20 bits per heavy atom. The van der Waals surface area contributed by atoms with Gasteiger partial charge in [0.2, 0.25) is 0 Å². The monoisotopic (exact) mass is 291 g/mol. The molecule has 1 fully saturated rings. The topological polar surface area (TPSA) is 55.3 Å². The summed E-state index contributed by atoms with van der Waals surface area (Å²) >= 11 is 1.64. The number of nitrogens with zero attached hydrogens (tertiary/aromatic N) is 2. The van der Waals surface area contributed by atoms with Crippen molar-refractivity contribution >= 4 is 11.3 Å². The second-order valence-corrected chi connectivity index (χ2v) is 6.37. The Morgan fingerprint density at radius 1 is 1.55 bits per heavy atom. The highest BCUT2D eigenvalue weighted by Crippen LogP contribution is 2.26. The number of piperidine rings is 1. The Balaban J connectivity index is 1.71. The van der Waals surface area contributed by atoms with Crippen molar-refractivity contribution < 1.29 is 4.42 Å². The molecule has 0 bridgehead atoms. The van der Waals surface area contributed by atoms with E-state index in [2.05, 4.69) is 22.2 Å². The first-order valence-corrected chi connectivity index (χ1v) is 8.10. The number of thiazole rings is 1. The van der Waals surface area contributed by atoms with Crippen LogP contribution in [-0.4, -0.2) is 28.5 Å². The first-order chi connectivity index (χ1) is 9.74. The number of nitrogens with two attached hydrogens (primary N) is 1. The summed E-state index contributed by atoms with van der Waals surface area (Å²) in [5, 5.41) is 3.09. The largest absolute Gasteiger partial charge is 0.462 e. The summed E-state index contributed by atoms with van der Waals surface area (Å²) in [4.78, 5) is 7.16. The molecular formula is C15H21N3OS. The van der Waals surface area contributed by atoms with Gasteiger partial charge in [-0.15, -0.1) is 11.3 Å². The highest BCUT2D eigenvalue weighted by Gasteiger charge is 2.26.